The van der Waals surface area contributed by atoms with Crippen molar-refractivity contribution in [3.8, 4) is 0 Å². The third-order valence-corrected chi connectivity index (χ3v) is 9.90. The highest BCUT2D eigenvalue weighted by Gasteiger charge is 2.60. The van der Waals surface area contributed by atoms with Crippen LogP contribution in [0.2, 0.25) is 0 Å². The molecular formula is C12H28O6P2. The van der Waals surface area contributed by atoms with Crippen LogP contribution < -0.4 is 0 Å². The summed E-state index contributed by atoms with van der Waals surface area (Å²) in [4.78, 5) is -1.32. The van der Waals surface area contributed by atoms with Gasteiger partial charge in [-0.15, -0.1) is 0 Å². The van der Waals surface area contributed by atoms with E-state index in [1.165, 1.54) is 0 Å². The summed E-state index contributed by atoms with van der Waals surface area (Å²) in [5.74, 6) is 0. The summed E-state index contributed by atoms with van der Waals surface area (Å²) >= 11 is 0. The Morgan fingerprint density at radius 1 is 0.700 bits per heavy atom. The molecule has 0 atom stereocenters. The van der Waals surface area contributed by atoms with Crippen LogP contribution in [0.1, 0.15) is 48.0 Å². The molecule has 8 heteroatoms. The monoisotopic (exact) mass is 330 g/mol. The average Bonchev–Trinajstić information content (AvgIpc) is 2.38. The lowest BCUT2D eigenvalue weighted by molar-refractivity contribution is 0.178. The molecule has 0 bridgehead atoms. The van der Waals surface area contributed by atoms with E-state index in [4.69, 9.17) is 18.1 Å². The normalized spacial score (nSPS) is 13.7. The molecule has 6 nitrogen and oxygen atoms in total. The zero-order valence-corrected chi connectivity index (χ0v) is 15.2. The molecule has 0 aliphatic heterocycles. The minimum atomic E-state index is -3.64. The van der Waals surface area contributed by atoms with Gasteiger partial charge in [-0.1, -0.05) is 6.92 Å². The van der Waals surface area contributed by atoms with Crippen molar-refractivity contribution < 1.29 is 27.2 Å². The van der Waals surface area contributed by atoms with Crippen LogP contribution in [0, 0.1) is 0 Å². The van der Waals surface area contributed by atoms with Crippen molar-refractivity contribution in [1.29, 1.82) is 0 Å². The topological polar surface area (TPSA) is 71.1 Å². The van der Waals surface area contributed by atoms with Gasteiger partial charge in [0.1, 0.15) is 0 Å². The van der Waals surface area contributed by atoms with Gasteiger partial charge in [0, 0.05) is 0 Å². The lowest BCUT2D eigenvalue weighted by Gasteiger charge is -2.39. The van der Waals surface area contributed by atoms with Crippen molar-refractivity contribution in [3.63, 3.8) is 0 Å². The Labute approximate surface area is 122 Å². The smallest absolute Gasteiger partial charge is 0.308 e. The van der Waals surface area contributed by atoms with Crippen molar-refractivity contribution in [1.82, 2.24) is 0 Å². The largest absolute Gasteiger partial charge is 0.348 e. The van der Waals surface area contributed by atoms with E-state index in [0.29, 0.717) is 6.42 Å². The predicted octanol–water partition coefficient (Wildman–Crippen LogP) is 4.64. The minimum Gasteiger partial charge on any atom is -0.308 e. The van der Waals surface area contributed by atoms with E-state index in [2.05, 4.69) is 0 Å². The van der Waals surface area contributed by atoms with Crippen molar-refractivity contribution in [3.05, 3.63) is 0 Å². The Bertz CT molecular complexity index is 321. The first-order valence-electron chi connectivity index (χ1n) is 7.09. The van der Waals surface area contributed by atoms with Crippen molar-refractivity contribution in [2.45, 2.75) is 52.9 Å². The van der Waals surface area contributed by atoms with Gasteiger partial charge >= 0.3 is 15.2 Å². The molecule has 0 saturated carbocycles. The van der Waals surface area contributed by atoms with Crippen LogP contribution in [0.15, 0.2) is 0 Å². The molecule has 0 N–H and O–H groups in total. The molecule has 0 aliphatic rings. The van der Waals surface area contributed by atoms with Gasteiger partial charge in [0.05, 0.1) is 26.4 Å². The Kier molecular flexibility index (Phi) is 8.80. The number of hydrogen-bond acceptors (Lipinski definition) is 6. The highest BCUT2D eigenvalue weighted by molar-refractivity contribution is 7.74. The molecule has 0 aromatic rings. The number of rotatable bonds is 11. The predicted molar refractivity (Wildman–Crippen MR) is 80.4 cm³/mol. The second-order valence-electron chi connectivity index (χ2n) is 4.24. The molecule has 0 rings (SSSR count). The van der Waals surface area contributed by atoms with Crippen LogP contribution in [-0.4, -0.2) is 31.3 Å². The van der Waals surface area contributed by atoms with Gasteiger partial charge in [-0.25, -0.2) is 0 Å². The Morgan fingerprint density at radius 3 is 1.10 bits per heavy atom. The second kappa shape index (κ2) is 8.67. The molecule has 0 saturated heterocycles. The molecule has 0 aromatic carbocycles. The summed E-state index contributed by atoms with van der Waals surface area (Å²) in [6, 6.07) is 0. The quantitative estimate of drug-likeness (QED) is 0.514. The van der Waals surface area contributed by atoms with Gasteiger partial charge in [-0.05, 0) is 41.0 Å². The maximum atomic E-state index is 13.1. The number of hydrogen-bond donors (Lipinski definition) is 0. The van der Waals surface area contributed by atoms with Crippen molar-refractivity contribution >= 4 is 15.2 Å². The summed E-state index contributed by atoms with van der Waals surface area (Å²) in [6.07, 6.45) is 0.293. The molecule has 0 aliphatic carbocycles. The average molecular weight is 330 g/mol. The Balaban J connectivity index is 5.83. The maximum absolute atomic E-state index is 13.1. The highest BCUT2D eigenvalue weighted by atomic mass is 31.2. The van der Waals surface area contributed by atoms with Crippen LogP contribution in [0.25, 0.3) is 0 Å². The summed E-state index contributed by atoms with van der Waals surface area (Å²) in [5.41, 5.74) is 0. The molecule has 0 spiro atoms. The third kappa shape index (κ3) is 3.94. The zero-order chi connectivity index (χ0) is 15.9. The van der Waals surface area contributed by atoms with Crippen molar-refractivity contribution in [2.24, 2.45) is 0 Å². The fourth-order valence-corrected chi connectivity index (χ4v) is 7.14. The fraction of sp³-hybridized carbons (Fsp3) is 1.00. The first kappa shape index (κ1) is 20.3. The van der Waals surface area contributed by atoms with E-state index in [0.717, 1.165) is 0 Å². The van der Waals surface area contributed by atoms with Gasteiger partial charge in [-0.3, -0.25) is 9.13 Å². The maximum Gasteiger partial charge on any atom is 0.348 e. The molecule has 0 heterocycles. The van der Waals surface area contributed by atoms with Gasteiger partial charge in [0.25, 0.3) is 0 Å². The van der Waals surface area contributed by atoms with Gasteiger partial charge in [-0.2, -0.15) is 0 Å². The van der Waals surface area contributed by atoms with Crippen LogP contribution in [0.5, 0.6) is 0 Å². The first-order valence-corrected chi connectivity index (χ1v) is 10.2. The molecule has 122 valence electrons. The molecule has 0 fully saturated rings. The van der Waals surface area contributed by atoms with Crippen LogP contribution in [0.4, 0.5) is 0 Å². The van der Waals surface area contributed by atoms with E-state index in [-0.39, 0.29) is 26.4 Å². The van der Waals surface area contributed by atoms with Gasteiger partial charge in [0.2, 0.25) is 0 Å². The SMILES string of the molecule is CCOP(=O)(OCC)C(C)(CC)P(=O)(OCC)OCC. The van der Waals surface area contributed by atoms with Crippen LogP contribution in [-0.2, 0) is 27.2 Å². The lowest BCUT2D eigenvalue weighted by Crippen LogP contribution is -2.29. The summed E-state index contributed by atoms with van der Waals surface area (Å²) in [7, 11) is -7.27. The Morgan fingerprint density at radius 2 is 0.950 bits per heavy atom. The lowest BCUT2D eigenvalue weighted by atomic mass is 10.4. The third-order valence-electron chi connectivity index (χ3n) is 3.05. The second-order valence-corrected chi connectivity index (χ2v) is 9.59. The minimum absolute atomic E-state index is 0.200. The van der Waals surface area contributed by atoms with E-state index in [9.17, 15) is 9.13 Å². The van der Waals surface area contributed by atoms with Crippen LogP contribution >= 0.6 is 15.2 Å². The van der Waals surface area contributed by atoms with E-state index in [1.54, 1.807) is 41.5 Å². The van der Waals surface area contributed by atoms with E-state index < -0.39 is 20.1 Å². The molecular weight excluding hydrogens is 302 g/mol. The van der Waals surface area contributed by atoms with E-state index >= 15 is 0 Å². The standard InChI is InChI=1S/C12H28O6P2/c1-7-12(6,19(13,15-8-2)16-9-3)20(14,17-10-4)18-11-5/h7-11H2,1-6H3. The zero-order valence-electron chi connectivity index (χ0n) is 13.4. The molecule has 0 unspecified atom stereocenters. The summed E-state index contributed by atoms with van der Waals surface area (Å²) in [6.45, 7) is 11.0. The van der Waals surface area contributed by atoms with Crippen LogP contribution in [0.3, 0.4) is 0 Å². The van der Waals surface area contributed by atoms with Gasteiger partial charge in [0.15, 0.2) is 4.90 Å². The van der Waals surface area contributed by atoms with E-state index in [1.807, 2.05) is 0 Å². The molecule has 20 heavy (non-hydrogen) atoms. The summed E-state index contributed by atoms with van der Waals surface area (Å²) in [5, 5.41) is 0. The highest BCUT2D eigenvalue weighted by Crippen LogP contribution is 2.78. The Hall–Kier alpha value is 0.300. The molecule has 0 radical (unpaired) electrons. The fourth-order valence-electron chi connectivity index (χ4n) is 1.85. The first-order chi connectivity index (χ1) is 9.30. The van der Waals surface area contributed by atoms with Gasteiger partial charge < -0.3 is 18.1 Å². The molecule has 0 amide bonds. The van der Waals surface area contributed by atoms with Crippen molar-refractivity contribution in [2.75, 3.05) is 26.4 Å². The molecule has 0 aromatic heterocycles. The summed E-state index contributed by atoms with van der Waals surface area (Å²) < 4.78 is 47.6.